The Kier molecular flexibility index (Phi) is 7.04. The molecule has 1 heterocycles. The van der Waals surface area contributed by atoms with Gasteiger partial charge in [-0.15, -0.1) is 0 Å². The predicted molar refractivity (Wildman–Crippen MR) is 86.7 cm³/mol. The van der Waals surface area contributed by atoms with Crippen LogP contribution in [0.15, 0.2) is 0 Å². The minimum atomic E-state index is -0.653. The molecule has 0 bridgehead atoms. The molecule has 0 atom stereocenters. The predicted octanol–water partition coefficient (Wildman–Crippen LogP) is 0.820. The number of rotatable bonds is 7. The third-order valence-electron chi connectivity index (χ3n) is 3.25. The molecule has 1 aromatic rings. The van der Waals surface area contributed by atoms with Crippen molar-refractivity contribution in [1.82, 2.24) is 20.4 Å². The summed E-state index contributed by atoms with van der Waals surface area (Å²) >= 11 is 0. The number of aryl methyl sites for hydroxylation is 1. The molecule has 0 aliphatic carbocycles. The van der Waals surface area contributed by atoms with E-state index < -0.39 is 11.8 Å². The van der Waals surface area contributed by atoms with E-state index in [4.69, 9.17) is 0 Å². The van der Waals surface area contributed by atoms with Crippen LogP contribution in [-0.4, -0.2) is 41.7 Å². The first-order chi connectivity index (χ1) is 10.4. The molecular formula is C15H27N5O2. The molecule has 0 aliphatic heterocycles. The van der Waals surface area contributed by atoms with Gasteiger partial charge in [-0.05, 0) is 39.8 Å². The van der Waals surface area contributed by atoms with Crippen LogP contribution in [0.4, 0.5) is 5.69 Å². The van der Waals surface area contributed by atoms with Gasteiger partial charge < -0.3 is 16.0 Å². The first kappa shape index (κ1) is 18.2. The number of carbonyl (C=O) groups is 2. The Balaban J connectivity index is 2.64. The number of anilines is 1. The Bertz CT molecular complexity index is 522. The minimum absolute atomic E-state index is 0.456. The Morgan fingerprint density at radius 1 is 1.18 bits per heavy atom. The molecule has 7 heteroatoms. The zero-order valence-corrected chi connectivity index (χ0v) is 14.1. The summed E-state index contributed by atoms with van der Waals surface area (Å²) in [5.74, 6) is -0.816. The van der Waals surface area contributed by atoms with Gasteiger partial charge in [-0.2, -0.15) is 5.10 Å². The highest BCUT2D eigenvalue weighted by Gasteiger charge is 2.18. The fraction of sp³-hybridized carbons (Fsp3) is 0.667. The number of carbonyl (C=O) groups excluding carboxylic acids is 2. The summed E-state index contributed by atoms with van der Waals surface area (Å²) < 4.78 is 1.86. The van der Waals surface area contributed by atoms with Crippen molar-refractivity contribution in [3.8, 4) is 0 Å². The highest BCUT2D eigenvalue weighted by atomic mass is 16.2. The lowest BCUT2D eigenvalue weighted by Gasteiger charge is -2.09. The molecule has 7 nitrogen and oxygen atoms in total. The highest BCUT2D eigenvalue weighted by Crippen LogP contribution is 2.20. The van der Waals surface area contributed by atoms with E-state index in [0.29, 0.717) is 18.2 Å². The lowest BCUT2D eigenvalue weighted by molar-refractivity contribution is -0.136. The Morgan fingerprint density at radius 2 is 1.86 bits per heavy atom. The van der Waals surface area contributed by atoms with Gasteiger partial charge in [0.25, 0.3) is 0 Å². The van der Waals surface area contributed by atoms with Crippen LogP contribution in [-0.2, 0) is 16.1 Å². The summed E-state index contributed by atoms with van der Waals surface area (Å²) in [6, 6.07) is 0. The largest absolute Gasteiger partial charge is 0.348 e. The maximum atomic E-state index is 11.9. The van der Waals surface area contributed by atoms with E-state index in [9.17, 15) is 9.59 Å². The van der Waals surface area contributed by atoms with E-state index in [2.05, 4.69) is 34.9 Å². The van der Waals surface area contributed by atoms with Crippen molar-refractivity contribution in [3.63, 3.8) is 0 Å². The van der Waals surface area contributed by atoms with Crippen LogP contribution in [0.2, 0.25) is 0 Å². The quantitative estimate of drug-likeness (QED) is 0.514. The van der Waals surface area contributed by atoms with E-state index in [1.165, 1.54) is 0 Å². The zero-order chi connectivity index (χ0) is 16.7. The molecule has 124 valence electrons. The molecule has 0 unspecified atom stereocenters. The maximum absolute atomic E-state index is 11.9. The molecule has 1 aromatic heterocycles. The second-order valence-corrected chi connectivity index (χ2v) is 5.79. The summed E-state index contributed by atoms with van der Waals surface area (Å²) in [6.45, 7) is 9.96. The van der Waals surface area contributed by atoms with Crippen LogP contribution >= 0.6 is 0 Å². The molecule has 0 spiro atoms. The van der Waals surface area contributed by atoms with Gasteiger partial charge in [-0.25, -0.2) is 0 Å². The SMILES string of the molecule is CNCCCNC(=O)C(=O)Nc1c(C)nn(CC(C)C)c1C. The Hall–Kier alpha value is -1.89. The number of nitrogens with zero attached hydrogens (tertiary/aromatic N) is 2. The number of amides is 2. The van der Waals surface area contributed by atoms with Gasteiger partial charge >= 0.3 is 11.8 Å². The fourth-order valence-electron chi connectivity index (χ4n) is 2.12. The Morgan fingerprint density at radius 3 is 2.45 bits per heavy atom. The van der Waals surface area contributed by atoms with Crippen LogP contribution < -0.4 is 16.0 Å². The van der Waals surface area contributed by atoms with Crippen LogP contribution in [0.5, 0.6) is 0 Å². The molecular weight excluding hydrogens is 282 g/mol. The Labute approximate surface area is 131 Å². The van der Waals surface area contributed by atoms with Crippen molar-refractivity contribution in [2.75, 3.05) is 25.5 Å². The van der Waals surface area contributed by atoms with Gasteiger partial charge in [-0.3, -0.25) is 14.3 Å². The van der Waals surface area contributed by atoms with E-state index in [0.717, 1.165) is 30.9 Å². The molecule has 0 saturated carbocycles. The lowest BCUT2D eigenvalue weighted by atomic mass is 10.2. The van der Waals surface area contributed by atoms with Crippen molar-refractivity contribution in [1.29, 1.82) is 0 Å². The zero-order valence-electron chi connectivity index (χ0n) is 14.1. The summed E-state index contributed by atoms with van der Waals surface area (Å²) in [4.78, 5) is 23.7. The number of nitrogens with one attached hydrogen (secondary N) is 3. The van der Waals surface area contributed by atoms with Crippen molar-refractivity contribution in [2.24, 2.45) is 5.92 Å². The van der Waals surface area contributed by atoms with Gasteiger partial charge in [-0.1, -0.05) is 13.8 Å². The van der Waals surface area contributed by atoms with Crippen LogP contribution in [0.1, 0.15) is 31.7 Å². The molecule has 0 radical (unpaired) electrons. The normalized spacial score (nSPS) is 10.8. The lowest BCUT2D eigenvalue weighted by Crippen LogP contribution is -2.36. The highest BCUT2D eigenvalue weighted by molar-refractivity contribution is 6.39. The average molecular weight is 309 g/mol. The van der Waals surface area contributed by atoms with Crippen molar-refractivity contribution in [3.05, 3.63) is 11.4 Å². The molecule has 3 N–H and O–H groups in total. The standard InChI is InChI=1S/C15H27N5O2/c1-10(2)9-20-12(4)13(11(3)19-20)18-15(22)14(21)17-8-6-7-16-5/h10,16H,6-9H2,1-5H3,(H,17,21)(H,18,22). The first-order valence-electron chi connectivity index (χ1n) is 7.64. The molecule has 0 fully saturated rings. The van der Waals surface area contributed by atoms with Crippen molar-refractivity contribution >= 4 is 17.5 Å². The summed E-state index contributed by atoms with van der Waals surface area (Å²) in [5.41, 5.74) is 2.20. The van der Waals surface area contributed by atoms with E-state index in [1.54, 1.807) is 0 Å². The van der Waals surface area contributed by atoms with Gasteiger partial charge in [0.1, 0.15) is 0 Å². The fourth-order valence-corrected chi connectivity index (χ4v) is 2.12. The van der Waals surface area contributed by atoms with Gasteiger partial charge in [0, 0.05) is 13.1 Å². The number of aromatic nitrogens is 2. The molecule has 0 aliphatic rings. The van der Waals surface area contributed by atoms with E-state index >= 15 is 0 Å². The minimum Gasteiger partial charge on any atom is -0.348 e. The molecule has 2 amide bonds. The third-order valence-corrected chi connectivity index (χ3v) is 3.25. The van der Waals surface area contributed by atoms with Crippen molar-refractivity contribution in [2.45, 2.75) is 40.7 Å². The summed E-state index contributed by atoms with van der Waals surface area (Å²) in [5, 5.41) is 12.7. The second-order valence-electron chi connectivity index (χ2n) is 5.79. The molecule has 1 rings (SSSR count). The van der Waals surface area contributed by atoms with Gasteiger partial charge in [0.15, 0.2) is 0 Å². The first-order valence-corrected chi connectivity index (χ1v) is 7.64. The monoisotopic (exact) mass is 309 g/mol. The number of hydrogen-bond acceptors (Lipinski definition) is 4. The van der Waals surface area contributed by atoms with Crippen LogP contribution in [0.3, 0.4) is 0 Å². The van der Waals surface area contributed by atoms with Gasteiger partial charge in [0.2, 0.25) is 0 Å². The maximum Gasteiger partial charge on any atom is 0.313 e. The summed E-state index contributed by atoms with van der Waals surface area (Å²) in [6.07, 6.45) is 0.778. The van der Waals surface area contributed by atoms with Crippen LogP contribution in [0, 0.1) is 19.8 Å². The molecule has 22 heavy (non-hydrogen) atoms. The van der Waals surface area contributed by atoms with Crippen LogP contribution in [0.25, 0.3) is 0 Å². The average Bonchev–Trinajstić information content (AvgIpc) is 2.70. The topological polar surface area (TPSA) is 88.0 Å². The number of hydrogen-bond donors (Lipinski definition) is 3. The second kappa shape index (κ2) is 8.53. The molecule has 0 aromatic carbocycles. The third kappa shape index (κ3) is 5.14. The van der Waals surface area contributed by atoms with Gasteiger partial charge in [0.05, 0.1) is 17.1 Å². The van der Waals surface area contributed by atoms with E-state index in [1.807, 2.05) is 25.6 Å². The van der Waals surface area contributed by atoms with E-state index in [-0.39, 0.29) is 0 Å². The smallest absolute Gasteiger partial charge is 0.313 e. The van der Waals surface area contributed by atoms with Crippen molar-refractivity contribution < 1.29 is 9.59 Å². The summed E-state index contributed by atoms with van der Waals surface area (Å²) in [7, 11) is 1.84. The molecule has 0 saturated heterocycles.